The number of carbonyl (C=O) groups excluding carboxylic acids is 1. The Morgan fingerprint density at radius 2 is 2.10 bits per heavy atom. The van der Waals surface area contributed by atoms with E-state index in [0.29, 0.717) is 45.9 Å². The maximum atomic E-state index is 12.7. The zero-order valence-electron chi connectivity index (χ0n) is 15.8. The highest BCUT2D eigenvalue weighted by Gasteiger charge is 2.20. The molecule has 0 aliphatic rings. The second kappa shape index (κ2) is 7.84. The van der Waals surface area contributed by atoms with E-state index in [4.69, 9.17) is 16.1 Å². The lowest BCUT2D eigenvalue weighted by Crippen LogP contribution is -2.23. The number of rotatable bonds is 5. The van der Waals surface area contributed by atoms with Crippen molar-refractivity contribution in [3.8, 4) is 17.3 Å². The molecular weight excluding hydrogens is 392 g/mol. The molecule has 0 bridgehead atoms. The molecule has 0 saturated heterocycles. The zero-order chi connectivity index (χ0) is 20.4. The predicted molar refractivity (Wildman–Crippen MR) is 107 cm³/mol. The Morgan fingerprint density at radius 3 is 2.86 bits per heavy atom. The van der Waals surface area contributed by atoms with Gasteiger partial charge in [-0.1, -0.05) is 28.9 Å². The number of pyridine rings is 1. The summed E-state index contributed by atoms with van der Waals surface area (Å²) in [6.45, 7) is 3.91. The molecule has 0 spiro atoms. The normalized spacial score (nSPS) is 10.9. The van der Waals surface area contributed by atoms with Gasteiger partial charge in [-0.25, -0.2) is 9.67 Å². The molecule has 1 N–H and O–H groups in total. The van der Waals surface area contributed by atoms with Crippen molar-refractivity contribution in [2.45, 2.75) is 20.4 Å². The molecule has 4 aromatic rings. The minimum absolute atomic E-state index is 0.236. The first kappa shape index (κ1) is 18.8. The van der Waals surface area contributed by atoms with E-state index in [-0.39, 0.29) is 5.91 Å². The van der Waals surface area contributed by atoms with Crippen molar-refractivity contribution in [1.29, 1.82) is 0 Å². The first-order valence-electron chi connectivity index (χ1n) is 8.86. The summed E-state index contributed by atoms with van der Waals surface area (Å²) in [5.74, 6) is 1.13. The summed E-state index contributed by atoms with van der Waals surface area (Å²) < 4.78 is 6.86. The Morgan fingerprint density at radius 1 is 1.24 bits per heavy atom. The average Bonchev–Trinajstić information content (AvgIpc) is 3.32. The zero-order valence-corrected chi connectivity index (χ0v) is 16.5. The van der Waals surface area contributed by atoms with Gasteiger partial charge in [0.1, 0.15) is 0 Å². The molecule has 3 aromatic heterocycles. The van der Waals surface area contributed by atoms with E-state index >= 15 is 0 Å². The van der Waals surface area contributed by atoms with Gasteiger partial charge in [-0.2, -0.15) is 10.1 Å². The summed E-state index contributed by atoms with van der Waals surface area (Å²) in [4.78, 5) is 21.3. The van der Waals surface area contributed by atoms with Crippen LogP contribution in [0.4, 0.5) is 0 Å². The number of carbonyl (C=O) groups is 1. The molecule has 0 fully saturated rings. The van der Waals surface area contributed by atoms with Crippen LogP contribution in [0.15, 0.2) is 53.3 Å². The first-order chi connectivity index (χ1) is 14.0. The molecule has 0 unspecified atom stereocenters. The number of hydrogen-bond donors (Lipinski definition) is 1. The highest BCUT2D eigenvalue weighted by atomic mass is 35.5. The third-order valence-electron chi connectivity index (χ3n) is 4.34. The lowest BCUT2D eigenvalue weighted by atomic mass is 10.2. The molecule has 0 saturated carbocycles. The molecule has 29 heavy (non-hydrogen) atoms. The highest BCUT2D eigenvalue weighted by Crippen LogP contribution is 2.24. The number of hydrogen-bond acceptors (Lipinski definition) is 6. The van der Waals surface area contributed by atoms with Crippen molar-refractivity contribution in [3.05, 3.63) is 76.5 Å². The lowest BCUT2D eigenvalue weighted by Gasteiger charge is -2.08. The van der Waals surface area contributed by atoms with E-state index in [1.807, 2.05) is 24.3 Å². The number of nitrogens with zero attached hydrogens (tertiary/aromatic N) is 5. The maximum Gasteiger partial charge on any atom is 0.261 e. The maximum absolute atomic E-state index is 12.7. The standard InChI is InChI=1S/C20H17ClN6O2/c1-12-17(19(28)23-10-14-5-3-6-15(21)9-14)11-24-27(12)18-16(7-4-8-22-18)20-25-13(2)26-29-20/h3-9,11H,10H2,1-2H3,(H,23,28). The number of aromatic nitrogens is 5. The average molecular weight is 409 g/mol. The van der Waals surface area contributed by atoms with Crippen LogP contribution in [-0.4, -0.2) is 30.8 Å². The summed E-state index contributed by atoms with van der Waals surface area (Å²) in [7, 11) is 0. The summed E-state index contributed by atoms with van der Waals surface area (Å²) in [6.07, 6.45) is 3.15. The molecule has 1 aromatic carbocycles. The van der Waals surface area contributed by atoms with Gasteiger partial charge >= 0.3 is 0 Å². The lowest BCUT2D eigenvalue weighted by molar-refractivity contribution is 0.0950. The van der Waals surface area contributed by atoms with Crippen molar-refractivity contribution < 1.29 is 9.32 Å². The molecule has 0 radical (unpaired) electrons. The topological polar surface area (TPSA) is 98.7 Å². The van der Waals surface area contributed by atoms with Gasteiger partial charge in [0.25, 0.3) is 11.8 Å². The van der Waals surface area contributed by atoms with Crippen molar-refractivity contribution in [2.75, 3.05) is 0 Å². The van der Waals surface area contributed by atoms with Gasteiger partial charge in [0, 0.05) is 17.8 Å². The van der Waals surface area contributed by atoms with Crippen LogP contribution in [0.5, 0.6) is 0 Å². The van der Waals surface area contributed by atoms with Gasteiger partial charge < -0.3 is 9.84 Å². The first-order valence-corrected chi connectivity index (χ1v) is 9.24. The fourth-order valence-corrected chi connectivity index (χ4v) is 3.12. The Labute approximate surface area is 171 Å². The Kier molecular flexibility index (Phi) is 5.09. The summed E-state index contributed by atoms with van der Waals surface area (Å²) in [5.41, 5.74) is 2.63. The molecule has 9 heteroatoms. The van der Waals surface area contributed by atoms with Crippen molar-refractivity contribution in [2.24, 2.45) is 0 Å². The van der Waals surface area contributed by atoms with Gasteiger partial charge in [0.2, 0.25) is 0 Å². The summed E-state index contributed by atoms with van der Waals surface area (Å²) in [5, 5.41) is 11.7. The summed E-state index contributed by atoms with van der Waals surface area (Å²) in [6, 6.07) is 10.9. The Hall–Kier alpha value is -3.52. The Balaban J connectivity index is 1.60. The van der Waals surface area contributed by atoms with Crippen LogP contribution in [0.25, 0.3) is 17.3 Å². The number of amides is 1. The quantitative estimate of drug-likeness (QED) is 0.542. The van der Waals surface area contributed by atoms with Crippen LogP contribution < -0.4 is 5.32 Å². The molecular formula is C20H17ClN6O2. The molecule has 4 rings (SSSR count). The number of nitrogens with one attached hydrogen (secondary N) is 1. The van der Waals surface area contributed by atoms with Crippen molar-refractivity contribution in [1.82, 2.24) is 30.2 Å². The van der Waals surface area contributed by atoms with E-state index in [1.54, 1.807) is 36.9 Å². The SMILES string of the molecule is Cc1noc(-c2cccnc2-n2ncc(C(=O)NCc3cccc(Cl)c3)c2C)n1. The minimum atomic E-state index is -0.236. The highest BCUT2D eigenvalue weighted by molar-refractivity contribution is 6.30. The van der Waals surface area contributed by atoms with Crippen LogP contribution in [-0.2, 0) is 6.54 Å². The summed E-state index contributed by atoms with van der Waals surface area (Å²) >= 11 is 5.99. The molecule has 146 valence electrons. The van der Waals surface area contributed by atoms with E-state index < -0.39 is 0 Å². The van der Waals surface area contributed by atoms with Crippen LogP contribution >= 0.6 is 11.6 Å². The van der Waals surface area contributed by atoms with E-state index in [0.717, 1.165) is 5.56 Å². The van der Waals surface area contributed by atoms with Gasteiger partial charge in [-0.3, -0.25) is 4.79 Å². The van der Waals surface area contributed by atoms with Gasteiger partial charge in [0.15, 0.2) is 11.6 Å². The Bertz CT molecular complexity index is 1180. The van der Waals surface area contributed by atoms with Gasteiger partial charge in [-0.05, 0) is 43.7 Å². The van der Waals surface area contributed by atoms with Gasteiger partial charge in [0.05, 0.1) is 23.0 Å². The third-order valence-corrected chi connectivity index (χ3v) is 4.58. The minimum Gasteiger partial charge on any atom is -0.348 e. The molecule has 3 heterocycles. The van der Waals surface area contributed by atoms with Crippen molar-refractivity contribution in [3.63, 3.8) is 0 Å². The molecule has 0 aliphatic heterocycles. The van der Waals surface area contributed by atoms with E-state index in [2.05, 4.69) is 25.5 Å². The number of aryl methyl sites for hydroxylation is 1. The fourth-order valence-electron chi connectivity index (χ4n) is 2.91. The van der Waals surface area contributed by atoms with E-state index in [9.17, 15) is 4.79 Å². The monoisotopic (exact) mass is 408 g/mol. The molecule has 0 aliphatic carbocycles. The molecule has 0 atom stereocenters. The third kappa shape index (κ3) is 3.88. The molecule has 1 amide bonds. The van der Waals surface area contributed by atoms with Crippen LogP contribution in [0.1, 0.15) is 27.4 Å². The van der Waals surface area contributed by atoms with Gasteiger partial charge in [-0.15, -0.1) is 0 Å². The van der Waals surface area contributed by atoms with Crippen LogP contribution in [0.3, 0.4) is 0 Å². The largest absolute Gasteiger partial charge is 0.348 e. The van der Waals surface area contributed by atoms with Crippen LogP contribution in [0, 0.1) is 13.8 Å². The van der Waals surface area contributed by atoms with E-state index in [1.165, 1.54) is 6.20 Å². The van der Waals surface area contributed by atoms with Crippen LogP contribution in [0.2, 0.25) is 5.02 Å². The number of halogens is 1. The second-order valence-corrected chi connectivity index (χ2v) is 6.83. The van der Waals surface area contributed by atoms with Crippen molar-refractivity contribution >= 4 is 17.5 Å². The fraction of sp³-hybridized carbons (Fsp3) is 0.150. The number of benzene rings is 1. The molecule has 8 nitrogen and oxygen atoms in total. The smallest absolute Gasteiger partial charge is 0.261 e. The predicted octanol–water partition coefficient (Wildman–Crippen LogP) is 3.52. The second-order valence-electron chi connectivity index (χ2n) is 6.39.